The molecule has 0 radical (unpaired) electrons. The second-order valence-corrected chi connectivity index (χ2v) is 7.52. The molecule has 1 aliphatic rings. The summed E-state index contributed by atoms with van der Waals surface area (Å²) in [6, 6.07) is 4.91. The smallest absolute Gasteiger partial charge is 0.244 e. The molecule has 0 heterocycles. The lowest BCUT2D eigenvalue weighted by Gasteiger charge is -2.31. The van der Waals surface area contributed by atoms with Crippen LogP contribution in [-0.2, 0) is 10.0 Å². The van der Waals surface area contributed by atoms with Gasteiger partial charge in [0, 0.05) is 11.0 Å². The fraction of sp³-hybridized carbons (Fsp3) is 0.538. The normalized spacial score (nSPS) is 22.4. The number of hydrogen-bond acceptors (Lipinski definition) is 4. The summed E-state index contributed by atoms with van der Waals surface area (Å²) in [7, 11) is -3.61. The van der Waals surface area contributed by atoms with E-state index in [1.165, 1.54) is 6.07 Å². The molecule has 1 aliphatic carbocycles. The minimum Gasteiger partial charge on any atom is -0.492 e. The van der Waals surface area contributed by atoms with Crippen molar-refractivity contribution in [2.75, 3.05) is 13.2 Å². The predicted octanol–water partition coefficient (Wildman–Crippen LogP) is 1.90. The third-order valence-electron chi connectivity index (χ3n) is 3.27. The number of aliphatic hydroxyl groups is 1. The van der Waals surface area contributed by atoms with Crippen LogP contribution in [0.15, 0.2) is 27.6 Å². The molecule has 2 rings (SSSR count). The van der Waals surface area contributed by atoms with Crippen LogP contribution in [-0.4, -0.2) is 32.8 Å². The van der Waals surface area contributed by atoms with E-state index in [9.17, 15) is 13.5 Å². The zero-order valence-corrected chi connectivity index (χ0v) is 13.6. The van der Waals surface area contributed by atoms with Gasteiger partial charge in [0.05, 0.1) is 12.7 Å². The van der Waals surface area contributed by atoms with Crippen LogP contribution < -0.4 is 9.46 Å². The van der Waals surface area contributed by atoms with Crippen molar-refractivity contribution in [1.82, 2.24) is 4.72 Å². The molecule has 0 aromatic heterocycles. The van der Waals surface area contributed by atoms with E-state index in [0.29, 0.717) is 36.2 Å². The van der Waals surface area contributed by atoms with E-state index in [1.807, 2.05) is 6.92 Å². The zero-order chi connectivity index (χ0) is 14.8. The number of ether oxygens (including phenoxy) is 1. The molecule has 2 N–H and O–H groups in total. The zero-order valence-electron chi connectivity index (χ0n) is 11.2. The molecule has 1 aromatic rings. The van der Waals surface area contributed by atoms with Crippen LogP contribution in [0.5, 0.6) is 5.75 Å². The predicted molar refractivity (Wildman–Crippen MR) is 79.2 cm³/mol. The van der Waals surface area contributed by atoms with Crippen LogP contribution in [0.25, 0.3) is 0 Å². The van der Waals surface area contributed by atoms with Gasteiger partial charge < -0.3 is 9.84 Å². The summed E-state index contributed by atoms with van der Waals surface area (Å²) in [5.41, 5.74) is 0. The van der Waals surface area contributed by atoms with Crippen LogP contribution in [0.4, 0.5) is 0 Å². The Morgan fingerprint density at radius 2 is 2.15 bits per heavy atom. The Hall–Kier alpha value is -0.630. The van der Waals surface area contributed by atoms with E-state index in [0.717, 1.165) is 0 Å². The van der Waals surface area contributed by atoms with E-state index in [2.05, 4.69) is 20.7 Å². The monoisotopic (exact) mass is 363 g/mol. The highest BCUT2D eigenvalue weighted by atomic mass is 79.9. The van der Waals surface area contributed by atoms with E-state index in [-0.39, 0.29) is 16.9 Å². The maximum Gasteiger partial charge on any atom is 0.244 e. The van der Waals surface area contributed by atoms with Crippen molar-refractivity contribution in [3.63, 3.8) is 0 Å². The number of rotatable bonds is 6. The Bertz CT molecular complexity index is 570. The highest BCUT2D eigenvalue weighted by Crippen LogP contribution is 2.29. The van der Waals surface area contributed by atoms with Gasteiger partial charge in [0.2, 0.25) is 10.0 Å². The minimum absolute atomic E-state index is 0.133. The maximum absolute atomic E-state index is 12.3. The first-order valence-corrected chi connectivity index (χ1v) is 8.80. The second kappa shape index (κ2) is 6.43. The summed E-state index contributed by atoms with van der Waals surface area (Å²) in [5, 5.41) is 9.21. The number of sulfonamides is 1. The van der Waals surface area contributed by atoms with Gasteiger partial charge in [0.15, 0.2) is 0 Å². The third-order valence-corrected chi connectivity index (χ3v) is 5.21. The minimum atomic E-state index is -3.61. The Morgan fingerprint density at radius 3 is 2.75 bits per heavy atom. The van der Waals surface area contributed by atoms with Crippen LogP contribution in [0.2, 0.25) is 0 Å². The summed E-state index contributed by atoms with van der Waals surface area (Å²) in [5.74, 6) is 0.555. The third kappa shape index (κ3) is 3.72. The van der Waals surface area contributed by atoms with Gasteiger partial charge >= 0.3 is 0 Å². The number of aliphatic hydroxyl groups excluding tert-OH is 1. The topological polar surface area (TPSA) is 75.6 Å². The molecule has 5 nitrogen and oxygen atoms in total. The maximum atomic E-state index is 12.3. The highest BCUT2D eigenvalue weighted by molar-refractivity contribution is 9.10. The van der Waals surface area contributed by atoms with Crippen molar-refractivity contribution in [3.8, 4) is 5.75 Å². The summed E-state index contributed by atoms with van der Waals surface area (Å²) >= 11 is 3.27. The van der Waals surface area contributed by atoms with Crippen molar-refractivity contribution in [3.05, 3.63) is 22.7 Å². The fourth-order valence-electron chi connectivity index (χ4n) is 2.14. The number of benzene rings is 1. The van der Waals surface area contributed by atoms with Gasteiger partial charge in [0.25, 0.3) is 0 Å². The molecule has 0 aliphatic heterocycles. The first kappa shape index (κ1) is 15.8. The van der Waals surface area contributed by atoms with Crippen molar-refractivity contribution >= 4 is 26.0 Å². The summed E-state index contributed by atoms with van der Waals surface area (Å²) in [4.78, 5) is 0.133. The van der Waals surface area contributed by atoms with Crippen LogP contribution in [0.1, 0.15) is 19.8 Å². The lowest BCUT2D eigenvalue weighted by molar-refractivity contribution is 0.0453. The van der Waals surface area contributed by atoms with Gasteiger partial charge in [-0.15, -0.1) is 0 Å². The standard InChI is InChI=1S/C13H18BrNO4S/c1-2-19-12-4-3-10(14)7-13(12)20(17,18)15-8-9-5-11(16)6-9/h3-4,7,9,11,15-16H,2,5-6,8H2,1H3. The largest absolute Gasteiger partial charge is 0.492 e. The first-order chi connectivity index (χ1) is 9.42. The molecule has 7 heteroatoms. The molecule has 112 valence electrons. The van der Waals surface area contributed by atoms with Crippen LogP contribution in [0.3, 0.4) is 0 Å². The molecule has 0 atom stereocenters. The lowest BCUT2D eigenvalue weighted by Crippen LogP contribution is -2.38. The number of hydrogen-bond donors (Lipinski definition) is 2. The molecule has 1 saturated carbocycles. The van der Waals surface area contributed by atoms with Crippen molar-refractivity contribution in [2.24, 2.45) is 5.92 Å². The van der Waals surface area contributed by atoms with Crippen LogP contribution >= 0.6 is 15.9 Å². The molecule has 0 unspecified atom stereocenters. The Kier molecular flexibility index (Phi) is 5.06. The SMILES string of the molecule is CCOc1ccc(Br)cc1S(=O)(=O)NCC1CC(O)C1. The molecule has 0 saturated heterocycles. The molecule has 0 amide bonds. The van der Waals surface area contributed by atoms with Gasteiger partial charge in [-0.1, -0.05) is 15.9 Å². The molecular weight excluding hydrogens is 346 g/mol. The fourth-order valence-corrected chi connectivity index (χ4v) is 3.94. The summed E-state index contributed by atoms with van der Waals surface area (Å²) < 4.78 is 33.3. The second-order valence-electron chi connectivity index (χ2n) is 4.87. The lowest BCUT2D eigenvalue weighted by atomic mass is 9.83. The van der Waals surface area contributed by atoms with Gasteiger partial charge in [-0.3, -0.25) is 0 Å². The Labute approximate surface area is 127 Å². The number of halogens is 1. The number of nitrogens with one attached hydrogen (secondary N) is 1. The Balaban J connectivity index is 2.13. The van der Waals surface area contributed by atoms with Crippen molar-refractivity contribution in [1.29, 1.82) is 0 Å². The highest BCUT2D eigenvalue weighted by Gasteiger charge is 2.29. The average Bonchev–Trinajstić information content (AvgIpc) is 2.35. The van der Waals surface area contributed by atoms with E-state index >= 15 is 0 Å². The van der Waals surface area contributed by atoms with E-state index in [4.69, 9.17) is 4.74 Å². The molecule has 0 spiro atoms. The Morgan fingerprint density at radius 1 is 1.45 bits per heavy atom. The first-order valence-electron chi connectivity index (χ1n) is 6.52. The van der Waals surface area contributed by atoms with E-state index in [1.54, 1.807) is 12.1 Å². The summed E-state index contributed by atoms with van der Waals surface area (Å²) in [6.45, 7) is 2.55. The molecule has 1 aromatic carbocycles. The average molecular weight is 364 g/mol. The van der Waals surface area contributed by atoms with Gasteiger partial charge in [-0.05, 0) is 43.9 Å². The van der Waals surface area contributed by atoms with Gasteiger partial charge in [-0.25, -0.2) is 13.1 Å². The summed E-state index contributed by atoms with van der Waals surface area (Å²) in [6.07, 6.45) is 1.02. The molecule has 1 fully saturated rings. The van der Waals surface area contributed by atoms with Gasteiger partial charge in [0.1, 0.15) is 10.6 Å². The van der Waals surface area contributed by atoms with Crippen LogP contribution in [0, 0.1) is 5.92 Å². The van der Waals surface area contributed by atoms with Crippen molar-refractivity contribution in [2.45, 2.75) is 30.8 Å². The van der Waals surface area contributed by atoms with Crippen molar-refractivity contribution < 1.29 is 18.3 Å². The molecule has 20 heavy (non-hydrogen) atoms. The van der Waals surface area contributed by atoms with Gasteiger partial charge in [-0.2, -0.15) is 0 Å². The molecule has 0 bridgehead atoms. The molecular formula is C13H18BrNO4S. The quantitative estimate of drug-likeness (QED) is 0.809. The van der Waals surface area contributed by atoms with E-state index < -0.39 is 10.0 Å².